The van der Waals surface area contributed by atoms with Gasteiger partial charge in [0.25, 0.3) is 0 Å². The van der Waals surface area contributed by atoms with Crippen LogP contribution in [-0.2, 0) is 17.4 Å². The van der Waals surface area contributed by atoms with Crippen molar-refractivity contribution in [1.82, 2.24) is 4.98 Å². The lowest BCUT2D eigenvalue weighted by atomic mass is 9.87. The monoisotopic (exact) mass is 488 g/mol. The zero-order valence-electron chi connectivity index (χ0n) is 18.7. The van der Waals surface area contributed by atoms with Gasteiger partial charge in [0.15, 0.2) is 11.0 Å². The quantitative estimate of drug-likeness (QED) is 0.378. The molecule has 2 aromatic carbocycles. The smallest absolute Gasteiger partial charge is 0.154 e. The van der Waals surface area contributed by atoms with Crippen LogP contribution < -0.4 is 9.46 Å². The highest BCUT2D eigenvalue weighted by Crippen LogP contribution is 2.36. The number of benzene rings is 2. The number of nitrogens with one attached hydrogen (secondary N) is 1. The summed E-state index contributed by atoms with van der Waals surface area (Å²) in [5.41, 5.74) is 3.73. The van der Waals surface area contributed by atoms with Gasteiger partial charge in [-0.25, -0.2) is 9.19 Å². The van der Waals surface area contributed by atoms with E-state index in [9.17, 15) is 4.21 Å². The lowest BCUT2D eigenvalue weighted by Gasteiger charge is -2.20. The van der Waals surface area contributed by atoms with Gasteiger partial charge in [-0.3, -0.25) is 0 Å². The Morgan fingerprint density at radius 2 is 1.94 bits per heavy atom. The standard InChI is InChI=1S/C25H29ClN2O2S2/c1-16-13-20(10-11-21(16)26)28-32(29)23-15-19(9-12-22(23)30-3)25-17(2)27-24(31-25)14-18-7-5-4-6-8-18/h9-13,15,18,28H,4-8,14H2,1-3H3. The highest BCUT2D eigenvalue weighted by atomic mass is 35.5. The van der Waals surface area contributed by atoms with E-state index < -0.39 is 11.0 Å². The van der Waals surface area contributed by atoms with Gasteiger partial charge in [-0.05, 0) is 67.3 Å². The van der Waals surface area contributed by atoms with Crippen molar-refractivity contribution in [2.45, 2.75) is 57.3 Å². The van der Waals surface area contributed by atoms with Crippen LogP contribution in [0.5, 0.6) is 5.75 Å². The zero-order valence-corrected chi connectivity index (χ0v) is 21.1. The SMILES string of the molecule is COc1ccc(-c2sc(CC3CCCCC3)nc2C)cc1S(=O)Nc1ccc(Cl)c(C)c1. The summed E-state index contributed by atoms with van der Waals surface area (Å²) in [4.78, 5) is 6.62. The molecule has 7 heteroatoms. The van der Waals surface area contributed by atoms with Crippen molar-refractivity contribution in [2.75, 3.05) is 11.8 Å². The molecule has 32 heavy (non-hydrogen) atoms. The fourth-order valence-electron chi connectivity index (χ4n) is 4.28. The normalized spacial score (nSPS) is 15.5. The molecular formula is C25H29ClN2O2S2. The Balaban J connectivity index is 1.58. The molecule has 170 valence electrons. The Bertz CT molecular complexity index is 1120. The van der Waals surface area contributed by atoms with Crippen molar-refractivity contribution in [3.05, 3.63) is 57.7 Å². The van der Waals surface area contributed by atoms with Crippen LogP contribution in [0.4, 0.5) is 5.69 Å². The van der Waals surface area contributed by atoms with E-state index in [2.05, 4.69) is 11.6 Å². The van der Waals surface area contributed by atoms with E-state index in [-0.39, 0.29) is 0 Å². The van der Waals surface area contributed by atoms with Crippen molar-refractivity contribution in [3.8, 4) is 16.2 Å². The predicted molar refractivity (Wildman–Crippen MR) is 135 cm³/mol. The number of thiazole rings is 1. The summed E-state index contributed by atoms with van der Waals surface area (Å²) in [7, 11) is 0.116. The molecule has 1 unspecified atom stereocenters. The molecule has 1 fully saturated rings. The molecular weight excluding hydrogens is 460 g/mol. The van der Waals surface area contributed by atoms with E-state index in [4.69, 9.17) is 21.3 Å². The van der Waals surface area contributed by atoms with Crippen LogP contribution in [0.25, 0.3) is 10.4 Å². The molecule has 1 heterocycles. The Labute approximate surface area is 202 Å². The molecule has 0 spiro atoms. The van der Waals surface area contributed by atoms with Gasteiger partial charge in [0.2, 0.25) is 0 Å². The second-order valence-electron chi connectivity index (χ2n) is 8.43. The predicted octanol–water partition coefficient (Wildman–Crippen LogP) is 7.35. The fraction of sp³-hybridized carbons (Fsp3) is 0.400. The molecule has 0 aliphatic heterocycles. The number of hydrogen-bond acceptors (Lipinski definition) is 4. The van der Waals surface area contributed by atoms with Crippen molar-refractivity contribution in [3.63, 3.8) is 0 Å². The summed E-state index contributed by atoms with van der Waals surface area (Å²) in [6.07, 6.45) is 7.75. The van der Waals surface area contributed by atoms with E-state index in [1.165, 1.54) is 37.1 Å². The topological polar surface area (TPSA) is 51.2 Å². The molecule has 1 atom stereocenters. The number of nitrogens with zero attached hydrogens (tertiary/aromatic N) is 1. The molecule has 4 nitrogen and oxygen atoms in total. The zero-order chi connectivity index (χ0) is 22.7. The minimum Gasteiger partial charge on any atom is -0.495 e. The third-order valence-electron chi connectivity index (χ3n) is 6.02. The lowest BCUT2D eigenvalue weighted by molar-refractivity contribution is 0.356. The minimum absolute atomic E-state index is 0.592. The summed E-state index contributed by atoms with van der Waals surface area (Å²) in [6, 6.07) is 11.4. The minimum atomic E-state index is -1.48. The van der Waals surface area contributed by atoms with Crippen LogP contribution in [0.3, 0.4) is 0 Å². The molecule has 4 rings (SSSR count). The van der Waals surface area contributed by atoms with Crippen LogP contribution in [0.15, 0.2) is 41.3 Å². The fourth-order valence-corrected chi connectivity index (χ4v) is 6.59. The van der Waals surface area contributed by atoms with Gasteiger partial charge in [-0.2, -0.15) is 0 Å². The highest BCUT2D eigenvalue weighted by Gasteiger charge is 2.19. The first-order valence-corrected chi connectivity index (χ1v) is 13.4. The average Bonchev–Trinajstić information content (AvgIpc) is 3.16. The van der Waals surface area contributed by atoms with E-state index in [0.717, 1.165) is 39.7 Å². The summed E-state index contributed by atoms with van der Waals surface area (Å²) in [5, 5.41) is 1.89. The van der Waals surface area contributed by atoms with Crippen molar-refractivity contribution in [2.24, 2.45) is 5.92 Å². The number of anilines is 1. The van der Waals surface area contributed by atoms with Crippen LogP contribution in [0.1, 0.15) is 48.4 Å². The Morgan fingerprint density at radius 1 is 1.16 bits per heavy atom. The molecule has 1 aromatic heterocycles. The molecule has 1 aliphatic rings. The first-order chi connectivity index (χ1) is 15.4. The molecule has 0 amide bonds. The molecule has 0 saturated heterocycles. The Hall–Kier alpha value is -1.89. The highest BCUT2D eigenvalue weighted by molar-refractivity contribution is 7.86. The van der Waals surface area contributed by atoms with Gasteiger partial charge in [0.1, 0.15) is 10.6 Å². The Morgan fingerprint density at radius 3 is 2.66 bits per heavy atom. The van der Waals surface area contributed by atoms with Crippen LogP contribution in [0.2, 0.25) is 5.02 Å². The Kier molecular flexibility index (Phi) is 7.54. The summed E-state index contributed by atoms with van der Waals surface area (Å²) in [6.45, 7) is 3.99. The number of rotatable bonds is 7. The van der Waals surface area contributed by atoms with E-state index >= 15 is 0 Å². The third kappa shape index (κ3) is 5.36. The average molecular weight is 489 g/mol. The molecule has 1 N–H and O–H groups in total. The number of halogens is 1. The maximum atomic E-state index is 13.2. The second kappa shape index (κ2) is 10.4. The maximum Gasteiger partial charge on any atom is 0.154 e. The van der Waals surface area contributed by atoms with Gasteiger partial charge in [-0.1, -0.05) is 43.7 Å². The number of methoxy groups -OCH3 is 1. The van der Waals surface area contributed by atoms with Crippen LogP contribution in [-0.4, -0.2) is 16.3 Å². The summed E-state index contributed by atoms with van der Waals surface area (Å²) >= 11 is 7.88. The lowest BCUT2D eigenvalue weighted by Crippen LogP contribution is -2.08. The first-order valence-electron chi connectivity index (χ1n) is 11.0. The summed E-state index contributed by atoms with van der Waals surface area (Å²) < 4.78 is 21.8. The number of aromatic nitrogens is 1. The van der Waals surface area contributed by atoms with Gasteiger partial charge < -0.3 is 9.46 Å². The molecule has 3 aromatic rings. The van der Waals surface area contributed by atoms with E-state index in [0.29, 0.717) is 15.7 Å². The summed E-state index contributed by atoms with van der Waals surface area (Å²) in [5.74, 6) is 1.35. The van der Waals surface area contributed by atoms with Crippen LogP contribution >= 0.6 is 22.9 Å². The first kappa shape index (κ1) is 23.3. The largest absolute Gasteiger partial charge is 0.495 e. The third-order valence-corrected chi connectivity index (χ3v) is 8.82. The van der Waals surface area contributed by atoms with Crippen molar-refractivity contribution < 1.29 is 8.95 Å². The van der Waals surface area contributed by atoms with Gasteiger partial charge in [0, 0.05) is 17.1 Å². The van der Waals surface area contributed by atoms with Crippen LogP contribution in [0, 0.1) is 19.8 Å². The molecule has 0 radical (unpaired) electrons. The van der Waals surface area contributed by atoms with Crippen molar-refractivity contribution in [1.29, 1.82) is 0 Å². The van der Waals surface area contributed by atoms with E-state index in [1.807, 2.05) is 37.3 Å². The number of aryl methyl sites for hydroxylation is 2. The second-order valence-corrected chi connectivity index (χ2v) is 11.1. The van der Waals surface area contributed by atoms with Gasteiger partial charge >= 0.3 is 0 Å². The number of hydrogen-bond donors (Lipinski definition) is 1. The number of ether oxygens (including phenoxy) is 1. The maximum absolute atomic E-state index is 13.2. The van der Waals surface area contributed by atoms with Gasteiger partial charge in [-0.15, -0.1) is 11.3 Å². The van der Waals surface area contributed by atoms with E-state index in [1.54, 1.807) is 24.5 Å². The van der Waals surface area contributed by atoms with Crippen molar-refractivity contribution >= 4 is 39.6 Å². The molecule has 1 saturated carbocycles. The van der Waals surface area contributed by atoms with Gasteiger partial charge in [0.05, 0.1) is 22.7 Å². The molecule has 0 bridgehead atoms. The molecule has 1 aliphatic carbocycles.